The lowest BCUT2D eigenvalue weighted by atomic mass is 10.0. The van der Waals surface area contributed by atoms with Crippen molar-refractivity contribution in [3.05, 3.63) is 24.3 Å². The third-order valence-corrected chi connectivity index (χ3v) is 6.59. The van der Waals surface area contributed by atoms with Gasteiger partial charge in [-0.1, -0.05) is 12.8 Å². The molecule has 0 unspecified atom stereocenters. The highest BCUT2D eigenvalue weighted by Crippen LogP contribution is 2.30. The quantitative estimate of drug-likeness (QED) is 0.808. The minimum atomic E-state index is -3.70. The van der Waals surface area contributed by atoms with Crippen LogP contribution in [0, 0.1) is 0 Å². The molecular weight excluding hydrogens is 348 g/mol. The van der Waals surface area contributed by atoms with Crippen LogP contribution in [-0.4, -0.2) is 35.2 Å². The first kappa shape index (κ1) is 19.4. The van der Waals surface area contributed by atoms with Crippen LogP contribution in [0.5, 0.6) is 0 Å². The third kappa shape index (κ3) is 4.20. The molecule has 1 fully saturated rings. The molecule has 3 N–H and O–H groups in total. The van der Waals surface area contributed by atoms with Crippen LogP contribution in [-0.2, 0) is 19.9 Å². The van der Waals surface area contributed by atoms with E-state index in [0.717, 1.165) is 31.9 Å². The van der Waals surface area contributed by atoms with Crippen LogP contribution in [0.15, 0.2) is 34.1 Å². The van der Waals surface area contributed by atoms with E-state index in [4.69, 9.17) is 5.73 Å². The van der Waals surface area contributed by atoms with Gasteiger partial charge in [0, 0.05) is 18.3 Å². The molecular formula is C13H21ClN2O4S2. The number of sulfonamides is 1. The van der Waals surface area contributed by atoms with E-state index in [1.165, 1.54) is 24.3 Å². The number of rotatable bonds is 5. The molecule has 0 atom stereocenters. The maximum absolute atomic E-state index is 12.4. The summed E-state index contributed by atoms with van der Waals surface area (Å²) in [6, 6.07) is 5.21. The molecule has 1 aliphatic rings. The van der Waals surface area contributed by atoms with E-state index < -0.39 is 25.4 Å². The number of halogens is 1. The fourth-order valence-corrected chi connectivity index (χ4v) is 4.71. The molecule has 2 rings (SSSR count). The van der Waals surface area contributed by atoms with Crippen LogP contribution < -0.4 is 10.5 Å². The number of sulfone groups is 1. The van der Waals surface area contributed by atoms with Crippen molar-refractivity contribution in [2.24, 2.45) is 5.73 Å². The summed E-state index contributed by atoms with van der Waals surface area (Å²) in [5, 5.41) is 0. The average molecular weight is 369 g/mol. The van der Waals surface area contributed by atoms with Crippen LogP contribution >= 0.6 is 12.4 Å². The van der Waals surface area contributed by atoms with E-state index in [-0.39, 0.29) is 28.7 Å². The van der Waals surface area contributed by atoms with Crippen LogP contribution in [0.25, 0.3) is 0 Å². The van der Waals surface area contributed by atoms with Crippen LogP contribution in [0.4, 0.5) is 0 Å². The topological polar surface area (TPSA) is 106 Å². The molecule has 1 aliphatic carbocycles. The van der Waals surface area contributed by atoms with E-state index >= 15 is 0 Å². The van der Waals surface area contributed by atoms with Crippen molar-refractivity contribution in [2.45, 2.75) is 41.0 Å². The molecule has 0 heterocycles. The Kier molecular flexibility index (Phi) is 6.02. The van der Waals surface area contributed by atoms with Crippen LogP contribution in [0.1, 0.15) is 25.7 Å². The van der Waals surface area contributed by atoms with Crippen LogP contribution in [0.3, 0.4) is 0 Å². The number of hydrogen-bond acceptors (Lipinski definition) is 5. The second-order valence-corrected chi connectivity index (χ2v) is 9.24. The van der Waals surface area contributed by atoms with Crippen molar-refractivity contribution in [3.63, 3.8) is 0 Å². The van der Waals surface area contributed by atoms with Gasteiger partial charge in [-0.3, -0.25) is 0 Å². The number of nitrogens with one attached hydrogen (secondary N) is 1. The molecule has 0 aliphatic heterocycles. The Labute approximate surface area is 137 Å². The molecule has 0 saturated heterocycles. The number of benzene rings is 1. The number of nitrogens with two attached hydrogens (primary N) is 1. The Morgan fingerprint density at radius 1 is 1.05 bits per heavy atom. The van der Waals surface area contributed by atoms with Crippen molar-refractivity contribution < 1.29 is 16.8 Å². The van der Waals surface area contributed by atoms with Gasteiger partial charge < -0.3 is 5.73 Å². The molecule has 0 radical (unpaired) electrons. The molecule has 126 valence electrons. The van der Waals surface area contributed by atoms with Gasteiger partial charge in [-0.2, -0.15) is 0 Å². The Hall–Kier alpha value is -0.670. The smallest absolute Gasteiger partial charge is 0.241 e. The molecule has 1 aromatic carbocycles. The first-order chi connectivity index (χ1) is 9.69. The van der Waals surface area contributed by atoms with Crippen LogP contribution in [0.2, 0.25) is 0 Å². The summed E-state index contributed by atoms with van der Waals surface area (Å²) in [5.74, 6) is 0. The first-order valence-electron chi connectivity index (χ1n) is 6.73. The monoisotopic (exact) mass is 368 g/mol. The van der Waals surface area contributed by atoms with E-state index in [9.17, 15) is 16.8 Å². The van der Waals surface area contributed by atoms with Gasteiger partial charge in [-0.15, -0.1) is 12.4 Å². The van der Waals surface area contributed by atoms with Crippen molar-refractivity contribution in [3.8, 4) is 0 Å². The molecule has 0 aromatic heterocycles. The van der Waals surface area contributed by atoms with Gasteiger partial charge in [-0.25, -0.2) is 21.6 Å². The minimum absolute atomic E-state index is 0. The Balaban J connectivity index is 0.00000242. The summed E-state index contributed by atoms with van der Waals surface area (Å²) in [6.07, 6.45) is 4.43. The molecule has 0 bridgehead atoms. The Morgan fingerprint density at radius 2 is 1.50 bits per heavy atom. The van der Waals surface area contributed by atoms with E-state index in [2.05, 4.69) is 4.72 Å². The first-order valence-corrected chi connectivity index (χ1v) is 10.1. The van der Waals surface area contributed by atoms with Crippen molar-refractivity contribution in [2.75, 3.05) is 12.8 Å². The Bertz CT molecular complexity index is 709. The fraction of sp³-hybridized carbons (Fsp3) is 0.538. The lowest BCUT2D eigenvalue weighted by molar-refractivity contribution is 0.399. The normalized spacial score (nSPS) is 17.9. The third-order valence-electron chi connectivity index (χ3n) is 3.86. The summed E-state index contributed by atoms with van der Waals surface area (Å²) in [7, 11) is -7.04. The lowest BCUT2D eigenvalue weighted by Crippen LogP contribution is -2.51. The summed E-state index contributed by atoms with van der Waals surface area (Å²) in [5.41, 5.74) is 5.15. The highest BCUT2D eigenvalue weighted by atomic mass is 35.5. The van der Waals surface area contributed by atoms with Gasteiger partial charge in [0.25, 0.3) is 0 Å². The summed E-state index contributed by atoms with van der Waals surface area (Å²) in [6.45, 7) is 0.258. The van der Waals surface area contributed by atoms with Gasteiger partial charge in [0.1, 0.15) is 0 Å². The highest BCUT2D eigenvalue weighted by molar-refractivity contribution is 7.90. The molecule has 1 saturated carbocycles. The Morgan fingerprint density at radius 3 is 1.91 bits per heavy atom. The predicted molar refractivity (Wildman–Crippen MR) is 87.4 cm³/mol. The van der Waals surface area contributed by atoms with Gasteiger partial charge in [0.15, 0.2) is 9.84 Å². The van der Waals surface area contributed by atoms with Gasteiger partial charge in [-0.05, 0) is 37.1 Å². The standard InChI is InChI=1S/C13H20N2O4S2.ClH/c1-20(16,17)11-4-6-12(7-5-11)21(18,19)15-13(10-14)8-2-3-9-13;/h4-7,15H,2-3,8-10,14H2,1H3;1H. The zero-order valence-corrected chi connectivity index (χ0v) is 14.7. The fourth-order valence-electron chi connectivity index (χ4n) is 2.61. The average Bonchev–Trinajstić information content (AvgIpc) is 2.86. The van der Waals surface area contributed by atoms with Gasteiger partial charge in [0.2, 0.25) is 10.0 Å². The lowest BCUT2D eigenvalue weighted by Gasteiger charge is -2.28. The van der Waals surface area contributed by atoms with Gasteiger partial charge in [0.05, 0.1) is 9.79 Å². The van der Waals surface area contributed by atoms with Crippen molar-refractivity contribution in [1.29, 1.82) is 0 Å². The zero-order chi connectivity index (χ0) is 15.7. The van der Waals surface area contributed by atoms with E-state index in [1.54, 1.807) is 0 Å². The molecule has 1 aromatic rings. The SMILES string of the molecule is CS(=O)(=O)c1ccc(S(=O)(=O)NC2(CN)CCCC2)cc1.Cl. The molecule has 6 nitrogen and oxygen atoms in total. The largest absolute Gasteiger partial charge is 0.329 e. The van der Waals surface area contributed by atoms with Gasteiger partial charge >= 0.3 is 0 Å². The maximum atomic E-state index is 12.4. The zero-order valence-electron chi connectivity index (χ0n) is 12.3. The second-order valence-electron chi connectivity index (χ2n) is 5.54. The van der Waals surface area contributed by atoms with Crippen molar-refractivity contribution in [1.82, 2.24) is 4.72 Å². The molecule has 0 spiro atoms. The van der Waals surface area contributed by atoms with E-state index in [1.807, 2.05) is 0 Å². The predicted octanol–water partition coefficient (Wildman–Crippen LogP) is 1.06. The second kappa shape index (κ2) is 6.84. The minimum Gasteiger partial charge on any atom is -0.329 e. The summed E-state index contributed by atoms with van der Waals surface area (Å²) >= 11 is 0. The van der Waals surface area contributed by atoms with Crippen molar-refractivity contribution >= 4 is 32.3 Å². The van der Waals surface area contributed by atoms with E-state index in [0.29, 0.717) is 0 Å². The molecule has 0 amide bonds. The highest BCUT2D eigenvalue weighted by Gasteiger charge is 2.36. The maximum Gasteiger partial charge on any atom is 0.241 e. The number of hydrogen-bond donors (Lipinski definition) is 2. The summed E-state index contributed by atoms with van der Waals surface area (Å²) < 4.78 is 50.3. The molecule has 9 heteroatoms. The molecule has 22 heavy (non-hydrogen) atoms. The summed E-state index contributed by atoms with van der Waals surface area (Å²) in [4.78, 5) is 0.144.